The van der Waals surface area contributed by atoms with Crippen molar-refractivity contribution < 1.29 is 37.8 Å². The van der Waals surface area contributed by atoms with Crippen LogP contribution in [0.4, 0.5) is 24.0 Å². The smallest absolute Gasteiger partial charge is 0.490 e. The van der Waals surface area contributed by atoms with E-state index in [0.29, 0.717) is 12.7 Å². The Hall–Kier alpha value is -4.03. The number of benzene rings is 2. The van der Waals surface area contributed by atoms with Crippen molar-refractivity contribution in [2.24, 2.45) is 0 Å². The number of carboxylic acid groups (broad SMARTS) is 1. The zero-order valence-corrected chi connectivity index (χ0v) is 28.0. The number of hydrogen-bond acceptors (Lipinski definition) is 9. The van der Waals surface area contributed by atoms with Crippen molar-refractivity contribution in [2.45, 2.75) is 18.6 Å². The molecule has 4 rings (SSSR count). The molecule has 234 valence electrons. The first-order valence-electron chi connectivity index (χ1n) is 12.4. The normalized spacial score (nSPS) is 11.3. The third-order valence-electron chi connectivity index (χ3n) is 5.72. The van der Waals surface area contributed by atoms with Crippen molar-refractivity contribution in [3.63, 3.8) is 0 Å². The standard InChI is InChI=1S/C26H20I2N6O3S.C2HF3O2/c1-34(14-29)25(37)21(12-15-10-19(27)23(35)20(28)11-15)32-24(36)17-4-2-16(3-5-17)22-13-38-26(33-22)31-18-6-8-30-9-7-18;3-2(4,5)1(6)7/h2-11,13,21,35H,12H2,1H3,(H,32,36)(H,30,31,33);(H,6,7). The van der Waals surface area contributed by atoms with E-state index in [4.69, 9.17) is 9.90 Å². The van der Waals surface area contributed by atoms with Crippen molar-refractivity contribution in [3.8, 4) is 23.2 Å². The average Bonchev–Trinajstić information content (AvgIpc) is 3.47. The predicted molar refractivity (Wildman–Crippen MR) is 176 cm³/mol. The molecule has 2 aromatic heterocycles. The van der Waals surface area contributed by atoms with Crippen molar-refractivity contribution in [2.75, 3.05) is 12.4 Å². The molecule has 0 fully saturated rings. The van der Waals surface area contributed by atoms with Gasteiger partial charge in [-0.3, -0.25) is 19.5 Å². The largest absolute Gasteiger partial charge is 0.506 e. The van der Waals surface area contributed by atoms with Gasteiger partial charge in [0.05, 0.1) is 12.8 Å². The fraction of sp³-hybridized carbons (Fsp3) is 0.143. The van der Waals surface area contributed by atoms with Gasteiger partial charge in [0.25, 0.3) is 11.8 Å². The van der Waals surface area contributed by atoms with E-state index in [1.54, 1.807) is 55.0 Å². The monoisotopic (exact) mass is 864 g/mol. The number of thiazole rings is 1. The number of phenolic OH excluding ortho intramolecular Hbond substituents is 1. The number of rotatable bonds is 8. The number of aromatic hydroxyl groups is 1. The van der Waals surface area contributed by atoms with E-state index in [0.717, 1.165) is 32.5 Å². The third kappa shape index (κ3) is 10.3. The van der Waals surface area contributed by atoms with Crippen molar-refractivity contribution in [3.05, 3.63) is 84.6 Å². The topological polar surface area (TPSA) is 169 Å². The van der Waals surface area contributed by atoms with Crippen LogP contribution in [0.3, 0.4) is 0 Å². The van der Waals surface area contributed by atoms with Crippen LogP contribution >= 0.6 is 56.5 Å². The molecule has 0 bridgehead atoms. The number of aromatic nitrogens is 2. The number of alkyl halides is 3. The molecule has 4 N–H and O–H groups in total. The fourth-order valence-electron chi connectivity index (χ4n) is 3.51. The summed E-state index contributed by atoms with van der Waals surface area (Å²) < 4.78 is 33.0. The number of nitrogens with zero attached hydrogens (tertiary/aromatic N) is 4. The second-order valence-corrected chi connectivity index (χ2v) is 12.1. The van der Waals surface area contributed by atoms with Gasteiger partial charge in [0.2, 0.25) is 0 Å². The lowest BCUT2D eigenvalue weighted by molar-refractivity contribution is -0.192. The molecule has 2 heterocycles. The molecule has 1 unspecified atom stereocenters. The molecular formula is C28H21F3I2N6O5S. The Morgan fingerprint density at radius 2 is 1.67 bits per heavy atom. The van der Waals surface area contributed by atoms with E-state index in [1.165, 1.54) is 18.4 Å². The molecule has 0 aliphatic heterocycles. The van der Waals surface area contributed by atoms with Gasteiger partial charge in [-0.05, 0) is 87.1 Å². The van der Waals surface area contributed by atoms with Crippen LogP contribution < -0.4 is 10.6 Å². The van der Waals surface area contributed by atoms with Crippen LogP contribution in [-0.4, -0.2) is 62.1 Å². The Morgan fingerprint density at radius 1 is 1.09 bits per heavy atom. The Kier molecular flexibility index (Phi) is 12.5. The minimum atomic E-state index is -5.08. The van der Waals surface area contributed by atoms with E-state index in [2.05, 4.69) is 20.6 Å². The van der Waals surface area contributed by atoms with Crippen LogP contribution in [0, 0.1) is 18.6 Å². The maximum absolute atomic E-state index is 13.1. The van der Waals surface area contributed by atoms with Crippen LogP contribution in [0.15, 0.2) is 66.3 Å². The number of amides is 2. The zero-order valence-electron chi connectivity index (χ0n) is 22.8. The van der Waals surface area contributed by atoms with Gasteiger partial charge in [0.1, 0.15) is 11.8 Å². The van der Waals surface area contributed by atoms with Gasteiger partial charge < -0.3 is 20.8 Å². The van der Waals surface area contributed by atoms with Gasteiger partial charge >= 0.3 is 12.1 Å². The summed E-state index contributed by atoms with van der Waals surface area (Å²) in [5.74, 6) is -3.57. The highest BCUT2D eigenvalue weighted by atomic mass is 127. The summed E-state index contributed by atoms with van der Waals surface area (Å²) in [6.07, 6.45) is 0.266. The van der Waals surface area contributed by atoms with E-state index < -0.39 is 30.0 Å². The van der Waals surface area contributed by atoms with Gasteiger partial charge in [-0.1, -0.05) is 12.1 Å². The second-order valence-electron chi connectivity index (χ2n) is 8.91. The fourth-order valence-corrected chi connectivity index (χ4v) is 6.15. The van der Waals surface area contributed by atoms with Gasteiger partial charge in [-0.2, -0.15) is 18.4 Å². The second kappa shape index (κ2) is 15.8. The number of aliphatic carboxylic acids is 1. The molecule has 1 atom stereocenters. The van der Waals surface area contributed by atoms with Crippen LogP contribution in [0.2, 0.25) is 0 Å². The van der Waals surface area contributed by atoms with Crippen LogP contribution in [0.1, 0.15) is 15.9 Å². The lowest BCUT2D eigenvalue weighted by Gasteiger charge is -2.21. The minimum absolute atomic E-state index is 0.160. The van der Waals surface area contributed by atoms with Crippen molar-refractivity contribution >= 4 is 85.1 Å². The van der Waals surface area contributed by atoms with Crippen LogP contribution in [0.5, 0.6) is 5.75 Å². The molecule has 11 nitrogen and oxygen atoms in total. The number of likely N-dealkylation sites (N-methyl/N-ethyl adjacent to an activating group) is 1. The third-order valence-corrected chi connectivity index (χ3v) is 8.12. The molecule has 0 saturated heterocycles. The number of pyridine rings is 1. The van der Waals surface area contributed by atoms with Gasteiger partial charge in [-0.25, -0.2) is 9.78 Å². The molecule has 4 aromatic rings. The first kappa shape index (κ1) is 35.4. The highest BCUT2D eigenvalue weighted by Crippen LogP contribution is 2.29. The first-order valence-corrected chi connectivity index (χ1v) is 15.4. The number of nitrogens with one attached hydrogen (secondary N) is 2. The number of anilines is 2. The van der Waals surface area contributed by atoms with Crippen molar-refractivity contribution in [1.82, 2.24) is 20.2 Å². The highest BCUT2D eigenvalue weighted by molar-refractivity contribution is 14.1. The summed E-state index contributed by atoms with van der Waals surface area (Å²) in [5.41, 5.74) is 3.60. The number of phenols is 1. The summed E-state index contributed by atoms with van der Waals surface area (Å²) in [4.78, 5) is 44.3. The molecule has 0 aliphatic rings. The number of carbonyl (C=O) groups excluding carboxylic acids is 2. The number of carboxylic acids is 1. The molecular weight excluding hydrogens is 843 g/mol. The Morgan fingerprint density at radius 3 is 2.20 bits per heavy atom. The zero-order chi connectivity index (χ0) is 33.3. The Balaban J connectivity index is 0.000000707. The van der Waals surface area contributed by atoms with Gasteiger partial charge in [-0.15, -0.1) is 11.3 Å². The van der Waals surface area contributed by atoms with Gasteiger partial charge in [0, 0.05) is 48.1 Å². The number of halogens is 5. The SMILES string of the molecule is CN(C#N)C(=O)C(Cc1cc(I)c(O)c(I)c1)NC(=O)c1ccc(-c2csc(Nc3ccncc3)n2)cc1.O=C(O)C(F)(F)F. The van der Waals surface area contributed by atoms with Crippen molar-refractivity contribution in [1.29, 1.82) is 5.26 Å². The maximum Gasteiger partial charge on any atom is 0.490 e. The molecule has 17 heteroatoms. The predicted octanol–water partition coefficient (Wildman–Crippen LogP) is 5.78. The lowest BCUT2D eigenvalue weighted by Crippen LogP contribution is -2.47. The summed E-state index contributed by atoms with van der Waals surface area (Å²) >= 11 is 5.48. The molecule has 0 radical (unpaired) electrons. The molecule has 0 spiro atoms. The summed E-state index contributed by atoms with van der Waals surface area (Å²) in [6, 6.07) is 13.2. The highest BCUT2D eigenvalue weighted by Gasteiger charge is 2.38. The minimum Gasteiger partial charge on any atom is -0.506 e. The van der Waals surface area contributed by atoms with Gasteiger partial charge in [0.15, 0.2) is 11.3 Å². The molecule has 2 aromatic carbocycles. The molecule has 2 amide bonds. The van der Waals surface area contributed by atoms with E-state index >= 15 is 0 Å². The quantitative estimate of drug-likeness (QED) is 0.0976. The number of carbonyl (C=O) groups is 3. The number of hydrogen-bond donors (Lipinski definition) is 4. The Bertz CT molecular complexity index is 1690. The maximum atomic E-state index is 13.1. The molecule has 0 saturated carbocycles. The summed E-state index contributed by atoms with van der Waals surface area (Å²) in [6.45, 7) is 0. The average molecular weight is 864 g/mol. The first-order chi connectivity index (χ1) is 21.2. The van der Waals surface area contributed by atoms with Crippen LogP contribution in [0.25, 0.3) is 11.3 Å². The summed E-state index contributed by atoms with van der Waals surface area (Å²) in [7, 11) is 1.35. The molecule has 0 aliphatic carbocycles. The molecule has 45 heavy (non-hydrogen) atoms. The van der Waals surface area contributed by atoms with E-state index in [-0.39, 0.29) is 12.2 Å². The van der Waals surface area contributed by atoms with Crippen LogP contribution in [-0.2, 0) is 16.0 Å². The van der Waals surface area contributed by atoms with E-state index in [9.17, 15) is 33.1 Å². The number of nitriles is 1. The lowest BCUT2D eigenvalue weighted by atomic mass is 10.0. The summed E-state index contributed by atoms with van der Waals surface area (Å²) in [5, 5.41) is 35.0. The van der Waals surface area contributed by atoms with E-state index in [1.807, 2.05) is 62.7 Å². The Labute approximate surface area is 285 Å².